The van der Waals surface area contributed by atoms with Gasteiger partial charge >= 0.3 is 0 Å². The van der Waals surface area contributed by atoms with Gasteiger partial charge in [0, 0.05) is 27.6 Å². The molecule has 2 nitrogen and oxygen atoms in total. The molecular weight excluding hydrogens is 302 g/mol. The fourth-order valence-corrected chi connectivity index (χ4v) is 3.05. The van der Waals surface area contributed by atoms with Crippen molar-refractivity contribution < 1.29 is 14.2 Å². The van der Waals surface area contributed by atoms with Crippen LogP contribution in [0.25, 0.3) is 0 Å². The van der Waals surface area contributed by atoms with Gasteiger partial charge in [0.2, 0.25) is 0 Å². The van der Waals surface area contributed by atoms with Crippen molar-refractivity contribution in [1.29, 1.82) is 0 Å². The van der Waals surface area contributed by atoms with Crippen LogP contribution in [0.2, 0.25) is 10.0 Å². The Morgan fingerprint density at radius 1 is 1.15 bits per heavy atom. The van der Waals surface area contributed by atoms with Gasteiger partial charge in [-0.2, -0.15) is 0 Å². The van der Waals surface area contributed by atoms with Gasteiger partial charge in [-0.15, -0.1) is 0 Å². The van der Waals surface area contributed by atoms with Crippen LogP contribution in [0.3, 0.4) is 0 Å². The molecule has 2 unspecified atom stereocenters. The van der Waals surface area contributed by atoms with Crippen molar-refractivity contribution >= 4 is 23.2 Å². The minimum atomic E-state index is -0.813. The third-order valence-electron chi connectivity index (χ3n) is 3.36. The summed E-state index contributed by atoms with van der Waals surface area (Å²) < 4.78 is 19.0. The molecule has 0 saturated heterocycles. The smallest absolute Gasteiger partial charge is 0.129 e. The van der Waals surface area contributed by atoms with Gasteiger partial charge in [0.15, 0.2) is 0 Å². The lowest BCUT2D eigenvalue weighted by Crippen LogP contribution is -2.19. The number of aliphatic hydroxyl groups is 1. The van der Waals surface area contributed by atoms with E-state index in [0.29, 0.717) is 26.9 Å². The zero-order chi connectivity index (χ0) is 14.3. The van der Waals surface area contributed by atoms with E-state index in [0.717, 1.165) is 0 Å². The number of hydrogen-bond acceptors (Lipinski definition) is 2. The van der Waals surface area contributed by atoms with Crippen molar-refractivity contribution in [1.82, 2.24) is 0 Å². The number of fused-ring (bicyclic) bond motifs is 1. The van der Waals surface area contributed by atoms with E-state index < -0.39 is 18.0 Å². The van der Waals surface area contributed by atoms with E-state index in [9.17, 15) is 9.50 Å². The Bertz CT molecular complexity index is 640. The molecule has 0 amide bonds. The van der Waals surface area contributed by atoms with E-state index in [-0.39, 0.29) is 6.42 Å². The molecule has 0 spiro atoms. The number of benzene rings is 2. The maximum Gasteiger partial charge on any atom is 0.129 e. The minimum absolute atomic E-state index is 0.278. The van der Waals surface area contributed by atoms with Gasteiger partial charge in [0.25, 0.3) is 0 Å². The van der Waals surface area contributed by atoms with Crippen LogP contribution in [0, 0.1) is 5.82 Å². The molecule has 1 heterocycles. The Morgan fingerprint density at radius 2 is 1.85 bits per heavy atom. The SMILES string of the molecule is OC1CC(c2c(Cl)cccc2Cl)Oc2ccc(F)cc21. The van der Waals surface area contributed by atoms with Crippen LogP contribution in [0.15, 0.2) is 36.4 Å². The molecule has 1 N–H and O–H groups in total. The molecule has 2 aromatic rings. The number of rotatable bonds is 1. The molecule has 0 bridgehead atoms. The van der Waals surface area contributed by atoms with Gasteiger partial charge in [0.1, 0.15) is 17.7 Å². The van der Waals surface area contributed by atoms with E-state index in [1.165, 1.54) is 18.2 Å². The fraction of sp³-hybridized carbons (Fsp3) is 0.200. The predicted octanol–water partition coefficient (Wildman–Crippen LogP) is 4.69. The number of aliphatic hydroxyl groups excluding tert-OH is 1. The molecule has 2 aromatic carbocycles. The van der Waals surface area contributed by atoms with Crippen LogP contribution in [0.1, 0.15) is 29.8 Å². The number of halogens is 3. The van der Waals surface area contributed by atoms with Crippen LogP contribution < -0.4 is 4.74 Å². The first-order valence-corrected chi connectivity index (χ1v) is 6.90. The molecule has 1 aliphatic heterocycles. The molecule has 0 fully saturated rings. The maximum absolute atomic E-state index is 13.2. The largest absolute Gasteiger partial charge is 0.485 e. The Morgan fingerprint density at radius 3 is 2.55 bits per heavy atom. The molecular formula is C15H11Cl2FO2. The minimum Gasteiger partial charge on any atom is -0.485 e. The Balaban J connectivity index is 2.01. The number of hydrogen-bond donors (Lipinski definition) is 1. The van der Waals surface area contributed by atoms with Crippen molar-refractivity contribution in [2.45, 2.75) is 18.6 Å². The third kappa shape index (κ3) is 2.37. The zero-order valence-corrected chi connectivity index (χ0v) is 11.8. The molecule has 20 heavy (non-hydrogen) atoms. The summed E-state index contributed by atoms with van der Waals surface area (Å²) in [4.78, 5) is 0. The highest BCUT2D eigenvalue weighted by molar-refractivity contribution is 6.36. The summed E-state index contributed by atoms with van der Waals surface area (Å²) in [7, 11) is 0. The third-order valence-corrected chi connectivity index (χ3v) is 4.02. The second-order valence-corrected chi connectivity index (χ2v) is 5.49. The first-order chi connectivity index (χ1) is 9.56. The van der Waals surface area contributed by atoms with Crippen LogP contribution in [0.5, 0.6) is 5.75 Å². The summed E-state index contributed by atoms with van der Waals surface area (Å²) in [5.74, 6) is 0.0479. The average molecular weight is 313 g/mol. The van der Waals surface area contributed by atoms with Crippen LogP contribution in [-0.4, -0.2) is 5.11 Å². The number of ether oxygens (including phenoxy) is 1. The molecule has 0 saturated carbocycles. The van der Waals surface area contributed by atoms with Crippen LogP contribution in [0.4, 0.5) is 4.39 Å². The first-order valence-electron chi connectivity index (χ1n) is 6.14. The summed E-state index contributed by atoms with van der Waals surface area (Å²) in [5.41, 5.74) is 1.09. The molecule has 2 atom stereocenters. The fourth-order valence-electron chi connectivity index (χ4n) is 2.41. The zero-order valence-electron chi connectivity index (χ0n) is 10.3. The van der Waals surface area contributed by atoms with E-state index in [1.807, 2.05) is 0 Å². The summed E-state index contributed by atoms with van der Waals surface area (Å²) in [6.07, 6.45) is -0.990. The van der Waals surface area contributed by atoms with Gasteiger partial charge in [-0.25, -0.2) is 4.39 Å². The van der Waals surface area contributed by atoms with Crippen molar-refractivity contribution in [2.75, 3.05) is 0 Å². The van der Waals surface area contributed by atoms with E-state index in [1.54, 1.807) is 18.2 Å². The van der Waals surface area contributed by atoms with Gasteiger partial charge in [-0.1, -0.05) is 29.3 Å². The van der Waals surface area contributed by atoms with Gasteiger partial charge in [0.05, 0.1) is 6.10 Å². The quantitative estimate of drug-likeness (QED) is 0.827. The highest BCUT2D eigenvalue weighted by atomic mass is 35.5. The van der Waals surface area contributed by atoms with Crippen molar-refractivity contribution in [3.8, 4) is 5.75 Å². The molecule has 104 valence electrons. The molecule has 0 aromatic heterocycles. The highest BCUT2D eigenvalue weighted by Crippen LogP contribution is 2.44. The normalized spacial score (nSPS) is 21.2. The molecule has 5 heteroatoms. The Hall–Kier alpha value is -1.29. The lowest BCUT2D eigenvalue weighted by Gasteiger charge is -2.30. The molecule has 0 aliphatic carbocycles. The van der Waals surface area contributed by atoms with Gasteiger partial charge in [-0.3, -0.25) is 0 Å². The Kier molecular flexibility index (Phi) is 3.59. The second-order valence-electron chi connectivity index (χ2n) is 4.68. The van der Waals surface area contributed by atoms with Crippen LogP contribution >= 0.6 is 23.2 Å². The van der Waals surface area contributed by atoms with Gasteiger partial charge < -0.3 is 9.84 Å². The highest BCUT2D eigenvalue weighted by Gasteiger charge is 2.30. The average Bonchev–Trinajstić information content (AvgIpc) is 2.39. The standard InChI is InChI=1S/C15H11Cl2FO2/c16-10-2-1-3-11(17)15(10)14-7-12(19)9-6-8(18)4-5-13(9)20-14/h1-6,12,14,19H,7H2. The molecule has 3 rings (SSSR count). The summed E-state index contributed by atoms with van der Waals surface area (Å²) in [6.45, 7) is 0. The van der Waals surface area contributed by atoms with E-state index in [4.69, 9.17) is 27.9 Å². The lowest BCUT2D eigenvalue weighted by molar-refractivity contribution is 0.0654. The van der Waals surface area contributed by atoms with Crippen molar-refractivity contribution in [3.05, 3.63) is 63.4 Å². The van der Waals surface area contributed by atoms with Crippen molar-refractivity contribution in [3.63, 3.8) is 0 Å². The molecule has 0 radical (unpaired) electrons. The predicted molar refractivity (Wildman–Crippen MR) is 75.8 cm³/mol. The summed E-state index contributed by atoms with van der Waals surface area (Å²) >= 11 is 12.3. The van der Waals surface area contributed by atoms with Crippen LogP contribution in [-0.2, 0) is 0 Å². The van der Waals surface area contributed by atoms with Gasteiger partial charge in [-0.05, 0) is 30.3 Å². The van der Waals surface area contributed by atoms with Crippen molar-refractivity contribution in [2.24, 2.45) is 0 Å². The lowest BCUT2D eigenvalue weighted by atomic mass is 9.95. The van der Waals surface area contributed by atoms with E-state index >= 15 is 0 Å². The topological polar surface area (TPSA) is 29.5 Å². The molecule has 1 aliphatic rings. The second kappa shape index (κ2) is 5.24. The monoisotopic (exact) mass is 312 g/mol. The Labute approximate surface area is 125 Å². The maximum atomic E-state index is 13.2. The summed E-state index contributed by atoms with van der Waals surface area (Å²) in [6, 6.07) is 9.27. The van der Waals surface area contributed by atoms with E-state index in [2.05, 4.69) is 0 Å². The summed E-state index contributed by atoms with van der Waals surface area (Å²) in [5, 5.41) is 11.1. The first kappa shape index (κ1) is 13.7.